The van der Waals surface area contributed by atoms with Crippen LogP contribution in [0.15, 0.2) is 12.1 Å². The Hall–Kier alpha value is -1.20. The van der Waals surface area contributed by atoms with Gasteiger partial charge in [-0.2, -0.15) is 0 Å². The Bertz CT molecular complexity index is 468. The molecule has 1 aliphatic rings. The summed E-state index contributed by atoms with van der Waals surface area (Å²) in [5.74, 6) is -1.65. The highest BCUT2D eigenvalue weighted by molar-refractivity contribution is 5.31. The van der Waals surface area contributed by atoms with E-state index in [9.17, 15) is 8.78 Å². The highest BCUT2D eigenvalue weighted by atomic mass is 19.1. The molecule has 2 rings (SSSR count). The number of hydrogen-bond donors (Lipinski definition) is 1. The third-order valence-corrected chi connectivity index (χ3v) is 3.60. The first kappa shape index (κ1) is 16.2. The third-order valence-electron chi connectivity index (χ3n) is 3.60. The van der Waals surface area contributed by atoms with E-state index in [0.717, 1.165) is 19.4 Å². The lowest BCUT2D eigenvalue weighted by Crippen LogP contribution is -2.24. The van der Waals surface area contributed by atoms with Crippen LogP contribution in [0.1, 0.15) is 39.2 Å². The minimum Gasteiger partial charge on any atom is -0.485 e. The van der Waals surface area contributed by atoms with Crippen molar-refractivity contribution < 1.29 is 18.3 Å². The zero-order valence-electron chi connectivity index (χ0n) is 12.8. The fourth-order valence-corrected chi connectivity index (χ4v) is 2.49. The van der Waals surface area contributed by atoms with Gasteiger partial charge in [-0.3, -0.25) is 0 Å². The summed E-state index contributed by atoms with van der Waals surface area (Å²) >= 11 is 0. The zero-order chi connectivity index (χ0) is 15.5. The monoisotopic (exact) mass is 299 g/mol. The molecule has 1 aromatic carbocycles. The van der Waals surface area contributed by atoms with Crippen molar-refractivity contribution in [3.05, 3.63) is 29.3 Å². The van der Waals surface area contributed by atoms with Crippen LogP contribution < -0.4 is 10.1 Å². The van der Waals surface area contributed by atoms with Crippen LogP contribution in [-0.2, 0) is 11.3 Å². The van der Waals surface area contributed by atoms with Gasteiger partial charge in [-0.05, 0) is 50.9 Å². The van der Waals surface area contributed by atoms with Crippen molar-refractivity contribution in [2.45, 2.75) is 51.9 Å². The van der Waals surface area contributed by atoms with E-state index in [0.29, 0.717) is 12.1 Å². The molecule has 0 bridgehead atoms. The van der Waals surface area contributed by atoms with E-state index in [1.54, 1.807) is 0 Å². The van der Waals surface area contributed by atoms with Gasteiger partial charge < -0.3 is 14.8 Å². The summed E-state index contributed by atoms with van der Waals surface area (Å²) in [5.41, 5.74) is 0.387. The summed E-state index contributed by atoms with van der Waals surface area (Å²) in [6, 6.07) is 2.61. The average Bonchev–Trinajstić information content (AvgIpc) is 2.75. The van der Waals surface area contributed by atoms with E-state index in [2.05, 4.69) is 5.32 Å². The van der Waals surface area contributed by atoms with Gasteiger partial charge in [0, 0.05) is 6.54 Å². The normalized spacial score (nSPS) is 20.7. The second kappa shape index (κ2) is 6.71. The summed E-state index contributed by atoms with van der Waals surface area (Å²) in [5, 5.41) is 3.03. The maximum absolute atomic E-state index is 13.9. The quantitative estimate of drug-likeness (QED) is 0.873. The van der Waals surface area contributed by atoms with E-state index >= 15 is 0 Å². The minimum absolute atomic E-state index is 0.111. The van der Waals surface area contributed by atoms with Crippen LogP contribution in [0.5, 0.6) is 5.75 Å². The maximum Gasteiger partial charge on any atom is 0.190 e. The van der Waals surface area contributed by atoms with Crippen LogP contribution in [-0.4, -0.2) is 24.9 Å². The Morgan fingerprint density at radius 1 is 1.33 bits per heavy atom. The Kier molecular flexibility index (Phi) is 5.17. The van der Waals surface area contributed by atoms with Gasteiger partial charge in [0.2, 0.25) is 0 Å². The molecule has 1 heterocycles. The largest absolute Gasteiger partial charge is 0.485 e. The van der Waals surface area contributed by atoms with Gasteiger partial charge in [-0.15, -0.1) is 0 Å². The number of halogens is 2. The molecule has 118 valence electrons. The fourth-order valence-electron chi connectivity index (χ4n) is 2.49. The van der Waals surface area contributed by atoms with E-state index < -0.39 is 11.6 Å². The van der Waals surface area contributed by atoms with Crippen LogP contribution >= 0.6 is 0 Å². The Morgan fingerprint density at radius 3 is 2.52 bits per heavy atom. The topological polar surface area (TPSA) is 30.5 Å². The van der Waals surface area contributed by atoms with Crippen molar-refractivity contribution in [3.8, 4) is 5.75 Å². The number of nitrogens with one attached hydrogen (secondary N) is 1. The second-order valence-electron chi connectivity index (χ2n) is 6.02. The molecule has 1 aromatic rings. The van der Waals surface area contributed by atoms with Crippen molar-refractivity contribution >= 4 is 0 Å². The molecule has 1 saturated heterocycles. The molecule has 1 fully saturated rings. The lowest BCUT2D eigenvalue weighted by Gasteiger charge is -2.19. The van der Waals surface area contributed by atoms with Gasteiger partial charge >= 0.3 is 0 Å². The predicted molar refractivity (Wildman–Crippen MR) is 77.4 cm³/mol. The summed E-state index contributed by atoms with van der Waals surface area (Å²) in [7, 11) is 0. The van der Waals surface area contributed by atoms with Gasteiger partial charge in [0.05, 0.1) is 11.7 Å². The van der Waals surface area contributed by atoms with Crippen LogP contribution in [0.25, 0.3) is 0 Å². The molecule has 1 N–H and O–H groups in total. The van der Waals surface area contributed by atoms with Gasteiger partial charge in [0.15, 0.2) is 17.4 Å². The molecule has 1 unspecified atom stereocenters. The maximum atomic E-state index is 13.9. The molecule has 0 radical (unpaired) electrons. The average molecular weight is 299 g/mol. The van der Waals surface area contributed by atoms with Gasteiger partial charge in [-0.25, -0.2) is 8.78 Å². The number of rotatable bonds is 6. The number of benzene rings is 1. The Morgan fingerprint density at radius 2 is 2.00 bits per heavy atom. The smallest absolute Gasteiger partial charge is 0.190 e. The summed E-state index contributed by atoms with van der Waals surface area (Å²) in [6.45, 7) is 7.30. The molecule has 0 saturated carbocycles. The predicted octanol–water partition coefficient (Wildman–Crippen LogP) is 3.41. The van der Waals surface area contributed by atoms with Crippen LogP contribution in [0.2, 0.25) is 0 Å². The molecule has 0 aromatic heterocycles. The zero-order valence-corrected chi connectivity index (χ0v) is 12.8. The first-order valence-corrected chi connectivity index (χ1v) is 7.40. The molecular formula is C16H23F2NO2. The first-order valence-electron chi connectivity index (χ1n) is 7.40. The highest BCUT2D eigenvalue weighted by Crippen LogP contribution is 2.30. The molecule has 1 atom stereocenters. The molecular weight excluding hydrogens is 276 g/mol. The van der Waals surface area contributed by atoms with Crippen molar-refractivity contribution in [1.29, 1.82) is 0 Å². The number of ether oxygens (including phenoxy) is 2. The van der Waals surface area contributed by atoms with Crippen LogP contribution in [0, 0.1) is 11.6 Å². The number of hydrogen-bond acceptors (Lipinski definition) is 3. The molecule has 21 heavy (non-hydrogen) atoms. The van der Waals surface area contributed by atoms with Crippen LogP contribution in [0.4, 0.5) is 8.78 Å². The summed E-state index contributed by atoms with van der Waals surface area (Å²) in [4.78, 5) is 0. The lowest BCUT2D eigenvalue weighted by molar-refractivity contribution is -0.0335. The minimum atomic E-state index is -0.667. The molecule has 0 aliphatic carbocycles. The van der Waals surface area contributed by atoms with Crippen molar-refractivity contribution in [3.63, 3.8) is 0 Å². The highest BCUT2D eigenvalue weighted by Gasteiger charge is 2.32. The van der Waals surface area contributed by atoms with Gasteiger partial charge in [-0.1, -0.05) is 6.92 Å². The van der Waals surface area contributed by atoms with Crippen molar-refractivity contribution in [2.24, 2.45) is 0 Å². The SMILES string of the molecule is CCNCc1cc(F)c(OCC2CCC(C)(C)O2)c(F)c1. The van der Waals surface area contributed by atoms with Crippen LogP contribution in [0.3, 0.4) is 0 Å². The Balaban J connectivity index is 1.97. The molecule has 1 aliphatic heterocycles. The summed E-state index contributed by atoms with van der Waals surface area (Å²) < 4.78 is 38.9. The summed E-state index contributed by atoms with van der Waals surface area (Å²) in [6.07, 6.45) is 1.66. The molecule has 0 spiro atoms. The standard InChI is InChI=1S/C16H23F2NO2/c1-4-19-9-11-7-13(17)15(14(18)8-11)20-10-12-5-6-16(2,3)21-12/h7-8,12,19H,4-6,9-10H2,1-3H3. The van der Waals surface area contributed by atoms with Crippen molar-refractivity contribution in [2.75, 3.05) is 13.2 Å². The third kappa shape index (κ3) is 4.38. The van der Waals surface area contributed by atoms with E-state index in [-0.39, 0.29) is 24.1 Å². The van der Waals surface area contributed by atoms with Gasteiger partial charge in [0.1, 0.15) is 6.61 Å². The Labute approximate surface area is 124 Å². The molecule has 5 heteroatoms. The second-order valence-corrected chi connectivity index (χ2v) is 6.02. The van der Waals surface area contributed by atoms with E-state index in [4.69, 9.17) is 9.47 Å². The lowest BCUT2D eigenvalue weighted by atomic mass is 10.1. The molecule has 0 amide bonds. The first-order chi connectivity index (χ1) is 9.91. The van der Waals surface area contributed by atoms with Crippen molar-refractivity contribution in [1.82, 2.24) is 5.32 Å². The van der Waals surface area contributed by atoms with E-state index in [1.807, 2.05) is 20.8 Å². The van der Waals surface area contributed by atoms with Gasteiger partial charge in [0.25, 0.3) is 0 Å². The fraction of sp³-hybridized carbons (Fsp3) is 0.625. The van der Waals surface area contributed by atoms with E-state index in [1.165, 1.54) is 12.1 Å². The molecule has 3 nitrogen and oxygen atoms in total.